The van der Waals surface area contributed by atoms with Crippen LogP contribution in [0.2, 0.25) is 1.41 Å². The summed E-state index contributed by atoms with van der Waals surface area (Å²) in [6.07, 6.45) is -0.584. The molecule has 0 radical (unpaired) electrons. The maximum Gasteiger partial charge on any atom is 0.321 e. The van der Waals surface area contributed by atoms with E-state index in [0.29, 0.717) is 0 Å². The van der Waals surface area contributed by atoms with Crippen molar-refractivity contribution < 1.29 is 21.2 Å². The average molecular weight is 135 g/mol. The van der Waals surface area contributed by atoms with E-state index in [1.54, 1.807) is 5.73 Å². The standard InChI is InChI=1S/C4H7NO4/c5-2(4(8)9)1-3(6)7/h2H,1,5H2,(H,6,7)(H,8,9)/t2-/m0/s1/i/hT. The van der Waals surface area contributed by atoms with E-state index < -0.39 is 24.4 Å². The first-order valence-corrected chi connectivity index (χ1v) is 2.19. The zero-order chi connectivity index (χ0) is 8.15. The molecule has 0 saturated heterocycles. The van der Waals surface area contributed by atoms with Gasteiger partial charge in [0.15, 0.2) is 0 Å². The lowest BCUT2D eigenvalue weighted by Crippen LogP contribution is -2.32. The van der Waals surface area contributed by atoms with Gasteiger partial charge in [-0.3, -0.25) is 9.59 Å². The Kier molecular flexibility index (Phi) is 2.03. The van der Waals surface area contributed by atoms with Crippen LogP contribution in [0.1, 0.15) is 6.42 Å². The van der Waals surface area contributed by atoms with Crippen molar-refractivity contribution >= 4 is 11.9 Å². The van der Waals surface area contributed by atoms with E-state index in [1.807, 2.05) is 0 Å². The summed E-state index contributed by atoms with van der Waals surface area (Å²) in [7, 11) is 0. The molecule has 0 aromatic heterocycles. The fourth-order valence-corrected chi connectivity index (χ4v) is 0.262. The molecule has 9 heavy (non-hydrogen) atoms. The Labute approximate surface area is 52.5 Å². The smallest absolute Gasteiger partial charge is 0.321 e. The molecule has 0 spiro atoms. The van der Waals surface area contributed by atoms with Crippen molar-refractivity contribution in [3.8, 4) is 0 Å². The van der Waals surface area contributed by atoms with Crippen LogP contribution in [0.15, 0.2) is 0 Å². The summed E-state index contributed by atoms with van der Waals surface area (Å²) in [5.41, 5.74) is 1.60. The van der Waals surface area contributed by atoms with Crippen LogP contribution in [0.5, 0.6) is 0 Å². The van der Waals surface area contributed by atoms with Gasteiger partial charge in [-0.05, 0) is 0 Å². The minimum absolute atomic E-state index is 0.584. The van der Waals surface area contributed by atoms with E-state index >= 15 is 0 Å². The second kappa shape index (κ2) is 3.03. The van der Waals surface area contributed by atoms with Crippen LogP contribution in [-0.4, -0.2) is 28.2 Å². The quantitative estimate of drug-likeness (QED) is 0.453. The van der Waals surface area contributed by atoms with Crippen LogP contribution < -0.4 is 5.73 Å². The fourth-order valence-electron chi connectivity index (χ4n) is 0.262. The summed E-state index contributed by atoms with van der Waals surface area (Å²) < 4.78 is 6.39. The van der Waals surface area contributed by atoms with Gasteiger partial charge in [0, 0.05) is 0 Å². The first-order valence-electron chi connectivity index (χ1n) is 2.69. The molecule has 0 fully saturated rings. The molecule has 5 heteroatoms. The number of aliphatic carboxylic acids is 2. The number of carbonyl (C=O) groups is 2. The molecule has 0 aliphatic heterocycles. The van der Waals surface area contributed by atoms with Gasteiger partial charge in [-0.1, -0.05) is 0 Å². The van der Waals surface area contributed by atoms with Gasteiger partial charge in [-0.15, -0.1) is 0 Å². The van der Waals surface area contributed by atoms with Crippen LogP contribution in [0.4, 0.5) is 0 Å². The predicted molar refractivity (Wildman–Crippen MR) is 27.9 cm³/mol. The molecule has 0 aliphatic rings. The highest BCUT2D eigenvalue weighted by atomic mass is 16.4. The average Bonchev–Trinajstić information content (AvgIpc) is 1.81. The van der Waals surface area contributed by atoms with Gasteiger partial charge in [-0.2, -0.15) is 0 Å². The van der Waals surface area contributed by atoms with Crippen molar-refractivity contribution in [1.82, 2.24) is 0 Å². The molecular formula is C4H7NO4. The summed E-state index contributed by atoms with van der Waals surface area (Å²) in [5, 5.41) is 16.3. The van der Waals surface area contributed by atoms with E-state index in [9.17, 15) is 9.59 Å². The molecule has 52 valence electrons. The number of rotatable bonds is 4. The van der Waals surface area contributed by atoms with Gasteiger partial charge in [0.25, 0.3) is 0 Å². The Bertz CT molecular complexity index is 148. The van der Waals surface area contributed by atoms with Gasteiger partial charge in [0.05, 0.1) is 6.42 Å². The third-order valence-corrected chi connectivity index (χ3v) is 0.677. The molecule has 0 rings (SSSR count). The molecule has 0 saturated carbocycles. The van der Waals surface area contributed by atoms with Gasteiger partial charge < -0.3 is 15.9 Å². The summed E-state index contributed by atoms with van der Waals surface area (Å²) >= 11 is 0. The van der Waals surface area contributed by atoms with E-state index in [0.717, 1.165) is 0 Å². The maximum atomic E-state index is 10.0. The van der Waals surface area contributed by atoms with Crippen LogP contribution in [-0.2, 0) is 9.59 Å². The summed E-state index contributed by atoms with van der Waals surface area (Å²) in [4.78, 5) is 19.9. The molecule has 0 aliphatic carbocycles. The zero-order valence-corrected chi connectivity index (χ0v) is 4.50. The Morgan fingerprint density at radius 2 is 2.22 bits per heavy atom. The van der Waals surface area contributed by atoms with Crippen LogP contribution in [0.25, 0.3) is 0 Å². The number of nitrogens with two attached hydrogens (primary N) is 1. The summed E-state index contributed by atoms with van der Waals surface area (Å²) in [6, 6.07) is -1.32. The minimum Gasteiger partial charge on any atom is -0.481 e. The third-order valence-electron chi connectivity index (χ3n) is 0.677. The predicted octanol–water partition coefficient (Wildman–Crippen LogP) is -1.13. The Balaban J connectivity index is 3.83. The second-order valence-corrected chi connectivity index (χ2v) is 1.49. The first-order chi connectivity index (χ1) is 4.57. The minimum atomic E-state index is -1.34. The zero-order valence-electron chi connectivity index (χ0n) is 5.50. The molecule has 0 heterocycles. The van der Waals surface area contributed by atoms with Gasteiger partial charge in [0.1, 0.15) is 7.45 Å². The molecule has 0 aromatic carbocycles. The van der Waals surface area contributed by atoms with E-state index in [2.05, 4.69) is 0 Å². The monoisotopic (exact) mass is 135 g/mol. The molecule has 1 atom stereocenters. The van der Waals surface area contributed by atoms with Gasteiger partial charge in [-0.25, -0.2) is 0 Å². The molecule has 0 bridgehead atoms. The van der Waals surface area contributed by atoms with E-state index in [1.165, 1.54) is 0 Å². The van der Waals surface area contributed by atoms with Gasteiger partial charge >= 0.3 is 11.9 Å². The largest absolute Gasteiger partial charge is 0.481 e. The Morgan fingerprint density at radius 3 is 2.33 bits per heavy atom. The number of hydrogen-bond acceptors (Lipinski definition) is 3. The third kappa shape index (κ3) is 3.48. The second-order valence-electron chi connectivity index (χ2n) is 1.49. The summed E-state index contributed by atoms with van der Waals surface area (Å²) in [6.45, 7) is 0. The highest BCUT2D eigenvalue weighted by Crippen LogP contribution is 1.86. The first kappa shape index (κ1) is 6.03. The Morgan fingerprint density at radius 1 is 1.67 bits per heavy atom. The highest BCUT2D eigenvalue weighted by Gasteiger charge is 2.14. The van der Waals surface area contributed by atoms with E-state index in [4.69, 9.17) is 11.6 Å². The van der Waals surface area contributed by atoms with Crippen molar-refractivity contribution in [2.45, 2.75) is 12.5 Å². The molecule has 4 N–H and O–H groups in total. The lowest BCUT2D eigenvalue weighted by atomic mass is 10.2. The van der Waals surface area contributed by atoms with E-state index in [-0.39, 0.29) is 0 Å². The molecule has 0 amide bonds. The lowest BCUT2D eigenvalue weighted by molar-refractivity contribution is -0.144. The number of hydrogen-bond donors (Lipinski definition) is 3. The Hall–Kier alpha value is -1.10. The molecule has 0 aromatic rings. The number of carboxylic acid groups (broad SMARTS) is 2. The van der Waals surface area contributed by atoms with Crippen molar-refractivity contribution in [2.24, 2.45) is 5.73 Å². The van der Waals surface area contributed by atoms with Crippen molar-refractivity contribution in [2.75, 3.05) is 0 Å². The normalized spacial score (nSPS) is 14.0. The van der Waals surface area contributed by atoms with Crippen LogP contribution in [0, 0.1) is 0 Å². The summed E-state index contributed by atoms with van der Waals surface area (Å²) in [5.74, 6) is -2.58. The maximum absolute atomic E-state index is 10.0. The highest BCUT2D eigenvalue weighted by molar-refractivity contribution is 5.80. The van der Waals surface area contributed by atoms with Crippen molar-refractivity contribution in [3.05, 3.63) is 0 Å². The van der Waals surface area contributed by atoms with Crippen LogP contribution in [0.3, 0.4) is 0 Å². The number of carboxylic acids is 2. The van der Waals surface area contributed by atoms with Crippen molar-refractivity contribution in [1.29, 1.82) is 0 Å². The molecular weight excluding hydrogens is 126 g/mol. The SMILES string of the molecule is [3H]N[C@@H](CC(=O)O)C(=O)O. The topological polar surface area (TPSA) is 101 Å². The fraction of sp³-hybridized carbons (Fsp3) is 0.500. The van der Waals surface area contributed by atoms with Crippen molar-refractivity contribution in [3.63, 3.8) is 0 Å². The lowest BCUT2D eigenvalue weighted by Gasteiger charge is -1.99. The molecule has 5 nitrogen and oxygen atoms in total. The van der Waals surface area contributed by atoms with Gasteiger partial charge in [0.2, 0.25) is 0 Å². The molecule has 0 unspecified atom stereocenters. The van der Waals surface area contributed by atoms with Crippen LogP contribution >= 0.6 is 0 Å².